The first-order chi connectivity index (χ1) is 15.7. The van der Waals surface area contributed by atoms with E-state index in [9.17, 15) is 0 Å². The molecule has 32 heavy (non-hydrogen) atoms. The number of hydrogen-bond acceptors (Lipinski definition) is 2. The van der Waals surface area contributed by atoms with Gasteiger partial charge in [-0.1, -0.05) is 66.7 Å². The average molecular weight is 418 g/mol. The Morgan fingerprint density at radius 2 is 1.53 bits per heavy atom. The second-order valence-electron chi connectivity index (χ2n) is 8.93. The van der Waals surface area contributed by atoms with Crippen LogP contribution in [0, 0.1) is 6.92 Å². The van der Waals surface area contributed by atoms with Crippen LogP contribution in [0.1, 0.15) is 35.1 Å². The van der Waals surface area contributed by atoms with Crippen LogP contribution in [0.25, 0.3) is 16.8 Å². The molecular weight excluding hydrogens is 390 g/mol. The fourth-order valence-corrected chi connectivity index (χ4v) is 5.28. The molecule has 2 aliphatic heterocycles. The fourth-order valence-electron chi connectivity index (χ4n) is 5.28. The summed E-state index contributed by atoms with van der Waals surface area (Å²) < 4.78 is 6.95. The largest absolute Gasteiger partial charge is 0.473 e. The van der Waals surface area contributed by atoms with Crippen LogP contribution in [0.2, 0.25) is 0 Å². The van der Waals surface area contributed by atoms with Gasteiger partial charge in [0.25, 0.3) is 0 Å². The van der Waals surface area contributed by atoms with Gasteiger partial charge >= 0.3 is 0 Å². The Kier molecular flexibility index (Phi) is 4.53. The summed E-state index contributed by atoms with van der Waals surface area (Å²) in [7, 11) is 0. The van der Waals surface area contributed by atoms with Crippen molar-refractivity contribution in [2.75, 3.05) is 18.0 Å². The minimum atomic E-state index is -0.648. The van der Waals surface area contributed by atoms with Gasteiger partial charge in [-0.15, -0.1) is 0 Å². The number of nitrogens with zero attached hydrogens (tertiary/aromatic N) is 1. The molecule has 1 atom stereocenters. The molecule has 4 aromatic carbocycles. The number of anilines is 1. The summed E-state index contributed by atoms with van der Waals surface area (Å²) in [5, 5.41) is 2.46. The minimum Gasteiger partial charge on any atom is -0.473 e. The van der Waals surface area contributed by atoms with E-state index in [0.29, 0.717) is 0 Å². The molecule has 1 fully saturated rings. The van der Waals surface area contributed by atoms with Crippen molar-refractivity contribution >= 4 is 22.5 Å². The van der Waals surface area contributed by atoms with E-state index in [0.717, 1.165) is 30.0 Å². The van der Waals surface area contributed by atoms with Gasteiger partial charge in [-0.05, 0) is 66.5 Å². The van der Waals surface area contributed by atoms with E-state index >= 15 is 0 Å². The Bertz CT molecular complexity index is 1310. The van der Waals surface area contributed by atoms with E-state index in [1.54, 1.807) is 0 Å². The first kappa shape index (κ1) is 19.2. The summed E-state index contributed by atoms with van der Waals surface area (Å²) in [6, 6.07) is 30.4. The number of benzene rings is 4. The summed E-state index contributed by atoms with van der Waals surface area (Å²) in [4.78, 5) is 2.48. The molecule has 2 nitrogen and oxygen atoms in total. The lowest BCUT2D eigenvalue weighted by Crippen LogP contribution is -2.35. The molecule has 0 radical (unpaired) electrons. The molecule has 2 aliphatic rings. The predicted octanol–water partition coefficient (Wildman–Crippen LogP) is 7.10. The molecular formula is C30H27NO. The highest BCUT2D eigenvalue weighted by Gasteiger charge is 2.38. The van der Waals surface area contributed by atoms with Crippen LogP contribution >= 0.6 is 0 Å². The molecule has 0 aromatic heterocycles. The van der Waals surface area contributed by atoms with E-state index in [1.165, 1.54) is 40.4 Å². The Hall–Kier alpha value is -3.52. The first-order valence-electron chi connectivity index (χ1n) is 11.6. The molecule has 1 unspecified atom stereocenters. The van der Waals surface area contributed by atoms with Crippen molar-refractivity contribution in [1.29, 1.82) is 0 Å². The third-order valence-corrected chi connectivity index (χ3v) is 7.00. The second-order valence-corrected chi connectivity index (χ2v) is 8.93. The molecule has 2 heteroatoms. The Balaban J connectivity index is 1.50. The molecule has 0 aliphatic carbocycles. The zero-order valence-corrected chi connectivity index (χ0v) is 18.4. The Morgan fingerprint density at radius 3 is 2.34 bits per heavy atom. The van der Waals surface area contributed by atoms with Crippen LogP contribution < -0.4 is 9.64 Å². The summed E-state index contributed by atoms with van der Waals surface area (Å²) in [6.07, 6.45) is 7.06. The van der Waals surface area contributed by atoms with E-state index in [1.807, 2.05) is 0 Å². The number of fused-ring (bicyclic) bond motifs is 3. The summed E-state index contributed by atoms with van der Waals surface area (Å²) in [6.45, 7) is 4.47. The van der Waals surface area contributed by atoms with E-state index in [-0.39, 0.29) is 0 Å². The maximum Gasteiger partial charge on any atom is 0.178 e. The number of ether oxygens (including phenoxy) is 1. The van der Waals surface area contributed by atoms with Gasteiger partial charge in [0.15, 0.2) is 5.60 Å². The predicted molar refractivity (Wildman–Crippen MR) is 133 cm³/mol. The van der Waals surface area contributed by atoms with Crippen molar-refractivity contribution in [3.05, 3.63) is 113 Å². The topological polar surface area (TPSA) is 12.5 Å². The van der Waals surface area contributed by atoms with Gasteiger partial charge in [0.1, 0.15) is 5.75 Å². The molecule has 1 saturated heterocycles. The summed E-state index contributed by atoms with van der Waals surface area (Å²) >= 11 is 0. The number of aryl methyl sites for hydroxylation is 1. The van der Waals surface area contributed by atoms with Gasteiger partial charge in [0, 0.05) is 35.5 Å². The lowest BCUT2D eigenvalue weighted by atomic mass is 9.81. The van der Waals surface area contributed by atoms with Crippen LogP contribution in [0.5, 0.6) is 5.75 Å². The number of rotatable bonds is 3. The second kappa shape index (κ2) is 7.56. The van der Waals surface area contributed by atoms with Gasteiger partial charge < -0.3 is 9.64 Å². The minimum absolute atomic E-state index is 0.648. The zero-order chi connectivity index (χ0) is 21.5. The van der Waals surface area contributed by atoms with Gasteiger partial charge in [-0.3, -0.25) is 0 Å². The normalized spacial score (nSPS) is 19.7. The highest BCUT2D eigenvalue weighted by Crippen LogP contribution is 2.45. The van der Waals surface area contributed by atoms with Crippen molar-refractivity contribution < 1.29 is 4.74 Å². The first-order valence-corrected chi connectivity index (χ1v) is 11.6. The van der Waals surface area contributed by atoms with Gasteiger partial charge in [-0.2, -0.15) is 0 Å². The molecule has 0 spiro atoms. The van der Waals surface area contributed by atoms with Crippen LogP contribution in [0.4, 0.5) is 5.69 Å². The van der Waals surface area contributed by atoms with Gasteiger partial charge in [0.2, 0.25) is 0 Å². The fraction of sp³-hybridized carbons (Fsp3) is 0.200. The lowest BCUT2D eigenvalue weighted by molar-refractivity contribution is 0.160. The SMILES string of the molecule is Cc1ccccc1C1(c2ccc(N3CCCC3)cc2)C=Cc2c(ccc3ccccc23)O1. The molecule has 0 saturated carbocycles. The molecule has 158 valence electrons. The highest BCUT2D eigenvalue weighted by atomic mass is 16.5. The highest BCUT2D eigenvalue weighted by molar-refractivity contribution is 5.94. The molecule has 0 bridgehead atoms. The molecule has 0 amide bonds. The number of hydrogen-bond donors (Lipinski definition) is 0. The third-order valence-electron chi connectivity index (χ3n) is 7.00. The van der Waals surface area contributed by atoms with Crippen LogP contribution in [0.3, 0.4) is 0 Å². The lowest BCUT2D eigenvalue weighted by Gasteiger charge is -2.37. The van der Waals surface area contributed by atoms with E-state index in [4.69, 9.17) is 4.74 Å². The van der Waals surface area contributed by atoms with Crippen LogP contribution in [-0.2, 0) is 5.60 Å². The smallest absolute Gasteiger partial charge is 0.178 e. The maximum atomic E-state index is 6.95. The van der Waals surface area contributed by atoms with Crippen molar-refractivity contribution in [3.63, 3.8) is 0 Å². The van der Waals surface area contributed by atoms with Gasteiger partial charge in [-0.25, -0.2) is 0 Å². The molecule has 2 heterocycles. The standard InChI is InChI=1S/C30H27NO/c1-22-8-2-5-11-28(22)30(24-13-15-25(16-14-24)31-20-6-7-21-31)19-18-27-26-10-4-3-9-23(26)12-17-29(27)32-30/h2-5,8-19H,6-7,20-21H2,1H3. The quantitative estimate of drug-likeness (QED) is 0.352. The van der Waals surface area contributed by atoms with Crippen molar-refractivity contribution in [2.24, 2.45) is 0 Å². The third kappa shape index (κ3) is 3.02. The average Bonchev–Trinajstić information content (AvgIpc) is 3.39. The van der Waals surface area contributed by atoms with Crippen LogP contribution in [-0.4, -0.2) is 13.1 Å². The van der Waals surface area contributed by atoms with Crippen molar-refractivity contribution in [1.82, 2.24) is 0 Å². The molecule has 4 aromatic rings. The van der Waals surface area contributed by atoms with Crippen LogP contribution in [0.15, 0.2) is 91.0 Å². The van der Waals surface area contributed by atoms with E-state index < -0.39 is 5.60 Å². The van der Waals surface area contributed by atoms with Gasteiger partial charge in [0.05, 0.1) is 0 Å². The summed E-state index contributed by atoms with van der Waals surface area (Å²) in [5.41, 5.74) is 5.38. The zero-order valence-electron chi connectivity index (χ0n) is 18.4. The Labute approximate surface area is 189 Å². The molecule has 6 rings (SSSR count). The Morgan fingerprint density at radius 1 is 0.781 bits per heavy atom. The maximum absolute atomic E-state index is 6.95. The monoisotopic (exact) mass is 417 g/mol. The van der Waals surface area contributed by atoms with Crippen molar-refractivity contribution in [3.8, 4) is 5.75 Å². The molecule has 0 N–H and O–H groups in total. The summed E-state index contributed by atoms with van der Waals surface area (Å²) in [5.74, 6) is 0.929. The van der Waals surface area contributed by atoms with Crippen molar-refractivity contribution in [2.45, 2.75) is 25.4 Å². The van der Waals surface area contributed by atoms with E-state index in [2.05, 4.69) is 109 Å².